The minimum absolute atomic E-state index is 0.307. The van der Waals surface area contributed by atoms with Crippen molar-refractivity contribution >= 4 is 11.8 Å². The van der Waals surface area contributed by atoms with E-state index in [1.54, 1.807) is 25.1 Å². The molecule has 0 aliphatic heterocycles. The van der Waals surface area contributed by atoms with Crippen LogP contribution in [0.25, 0.3) is 0 Å². The predicted molar refractivity (Wildman–Crippen MR) is 49.1 cm³/mol. The zero-order valence-corrected chi connectivity index (χ0v) is 7.65. The second-order valence-electron chi connectivity index (χ2n) is 2.73. The molecule has 0 amide bonds. The lowest BCUT2D eigenvalue weighted by atomic mass is 10.1. The van der Waals surface area contributed by atoms with Gasteiger partial charge in [0, 0.05) is 0 Å². The number of anilines is 1. The maximum Gasteiger partial charge on any atom is 0.314 e. The molecule has 0 radical (unpaired) electrons. The van der Waals surface area contributed by atoms with Crippen molar-refractivity contribution in [3.63, 3.8) is 0 Å². The summed E-state index contributed by atoms with van der Waals surface area (Å²) in [6, 6.07) is 5.18. The summed E-state index contributed by atoms with van der Waals surface area (Å²) < 4.78 is 4.59. The summed E-state index contributed by atoms with van der Waals surface area (Å²) in [6.07, 6.45) is 0. The van der Waals surface area contributed by atoms with Gasteiger partial charge in [0.15, 0.2) is 0 Å². The van der Waals surface area contributed by atoms with E-state index in [1.807, 2.05) is 0 Å². The van der Waals surface area contributed by atoms with Crippen LogP contribution in [-0.4, -0.2) is 18.1 Å². The molecule has 4 nitrogen and oxygen atoms in total. The van der Waals surface area contributed by atoms with Crippen LogP contribution in [0.5, 0.6) is 0 Å². The molecular weight excluding hydrogens is 168 g/mol. The summed E-state index contributed by atoms with van der Waals surface area (Å²) in [5.41, 5.74) is 6.11. The van der Waals surface area contributed by atoms with E-state index in [2.05, 4.69) is 9.72 Å². The molecule has 0 aromatic carbocycles. The number of carbonyl (C=O) groups excluding carboxylic acids is 1. The Balaban J connectivity index is 2.88. The van der Waals surface area contributed by atoms with Crippen LogP contribution in [0, 0.1) is 0 Å². The Bertz CT molecular complexity index is 312. The van der Waals surface area contributed by atoms with Gasteiger partial charge in [0.1, 0.15) is 5.82 Å². The van der Waals surface area contributed by atoms with Gasteiger partial charge in [-0.3, -0.25) is 4.79 Å². The van der Waals surface area contributed by atoms with Gasteiger partial charge in [-0.1, -0.05) is 6.07 Å². The molecule has 13 heavy (non-hydrogen) atoms. The minimum Gasteiger partial charge on any atom is -0.469 e. The third-order valence-electron chi connectivity index (χ3n) is 1.79. The number of nitrogen functional groups attached to an aromatic ring is 1. The molecule has 1 aromatic rings. The summed E-state index contributed by atoms with van der Waals surface area (Å²) in [4.78, 5) is 15.1. The molecule has 0 spiro atoms. The van der Waals surface area contributed by atoms with E-state index in [1.165, 1.54) is 7.11 Å². The average Bonchev–Trinajstić information content (AvgIpc) is 2.15. The Hall–Kier alpha value is -1.58. The molecule has 1 aromatic heterocycles. The molecule has 0 bridgehead atoms. The maximum atomic E-state index is 11.1. The van der Waals surface area contributed by atoms with Crippen LogP contribution in [0.4, 0.5) is 5.82 Å². The van der Waals surface area contributed by atoms with Crippen LogP contribution >= 0.6 is 0 Å². The van der Waals surface area contributed by atoms with Crippen molar-refractivity contribution in [2.24, 2.45) is 0 Å². The normalized spacial score (nSPS) is 12.2. The zero-order chi connectivity index (χ0) is 9.84. The quantitative estimate of drug-likeness (QED) is 0.688. The summed E-state index contributed by atoms with van der Waals surface area (Å²) in [7, 11) is 1.35. The summed E-state index contributed by atoms with van der Waals surface area (Å²) in [5.74, 6) is -0.264. The number of nitrogens with two attached hydrogens (primary N) is 1. The first kappa shape index (κ1) is 9.51. The van der Waals surface area contributed by atoms with E-state index >= 15 is 0 Å². The van der Waals surface area contributed by atoms with Gasteiger partial charge >= 0.3 is 5.97 Å². The first-order valence-electron chi connectivity index (χ1n) is 3.95. The van der Waals surface area contributed by atoms with Gasteiger partial charge in [-0.15, -0.1) is 0 Å². The highest BCUT2D eigenvalue weighted by molar-refractivity contribution is 5.76. The summed E-state index contributed by atoms with van der Waals surface area (Å²) in [5, 5.41) is 0. The second kappa shape index (κ2) is 3.89. The summed E-state index contributed by atoms with van der Waals surface area (Å²) >= 11 is 0. The Morgan fingerprint density at radius 1 is 1.62 bits per heavy atom. The first-order valence-corrected chi connectivity index (χ1v) is 3.95. The van der Waals surface area contributed by atoms with E-state index in [-0.39, 0.29) is 11.9 Å². The molecule has 1 unspecified atom stereocenters. The van der Waals surface area contributed by atoms with Gasteiger partial charge in [0.25, 0.3) is 0 Å². The summed E-state index contributed by atoms with van der Waals surface area (Å²) in [6.45, 7) is 1.73. The molecule has 0 saturated carbocycles. The van der Waals surface area contributed by atoms with Crippen LogP contribution < -0.4 is 5.73 Å². The van der Waals surface area contributed by atoms with Crippen molar-refractivity contribution in [3.8, 4) is 0 Å². The number of esters is 1. The molecule has 0 aliphatic carbocycles. The molecule has 4 heteroatoms. The fraction of sp³-hybridized carbons (Fsp3) is 0.333. The van der Waals surface area contributed by atoms with E-state index < -0.39 is 0 Å². The first-order chi connectivity index (χ1) is 6.15. The largest absolute Gasteiger partial charge is 0.469 e. The number of methoxy groups -OCH3 is 1. The minimum atomic E-state index is -0.367. The lowest BCUT2D eigenvalue weighted by molar-refractivity contribution is -0.142. The Kier molecular flexibility index (Phi) is 2.84. The lowest BCUT2D eigenvalue weighted by Gasteiger charge is -2.08. The van der Waals surface area contributed by atoms with Gasteiger partial charge in [0.2, 0.25) is 0 Å². The molecule has 1 heterocycles. The highest BCUT2D eigenvalue weighted by Gasteiger charge is 2.16. The fourth-order valence-electron chi connectivity index (χ4n) is 1.01. The van der Waals surface area contributed by atoms with E-state index in [0.29, 0.717) is 11.5 Å². The standard InChI is InChI=1S/C9H12N2O2/c1-6(9(12)13-2)7-4-3-5-8(10)11-7/h3-6H,1-2H3,(H2,10,11). The topological polar surface area (TPSA) is 65.2 Å². The van der Waals surface area contributed by atoms with Crippen LogP contribution in [-0.2, 0) is 9.53 Å². The highest BCUT2D eigenvalue weighted by Crippen LogP contribution is 2.14. The van der Waals surface area contributed by atoms with Crippen molar-refractivity contribution < 1.29 is 9.53 Å². The number of ether oxygens (including phenoxy) is 1. The van der Waals surface area contributed by atoms with Crippen molar-refractivity contribution in [3.05, 3.63) is 23.9 Å². The monoisotopic (exact) mass is 180 g/mol. The van der Waals surface area contributed by atoms with E-state index in [0.717, 1.165) is 0 Å². The molecule has 2 N–H and O–H groups in total. The number of rotatable bonds is 2. The third-order valence-corrected chi connectivity index (χ3v) is 1.79. The predicted octanol–water partition coefficient (Wildman–Crippen LogP) is 0.940. The van der Waals surface area contributed by atoms with Crippen LogP contribution in [0.3, 0.4) is 0 Å². The van der Waals surface area contributed by atoms with Crippen LogP contribution in [0.2, 0.25) is 0 Å². The van der Waals surface area contributed by atoms with E-state index in [9.17, 15) is 4.79 Å². The number of pyridine rings is 1. The lowest BCUT2D eigenvalue weighted by Crippen LogP contribution is -2.12. The number of hydrogen-bond acceptors (Lipinski definition) is 4. The van der Waals surface area contributed by atoms with Gasteiger partial charge in [-0.2, -0.15) is 0 Å². The molecule has 0 fully saturated rings. The van der Waals surface area contributed by atoms with Gasteiger partial charge in [-0.25, -0.2) is 4.98 Å². The Morgan fingerprint density at radius 2 is 2.31 bits per heavy atom. The average molecular weight is 180 g/mol. The Morgan fingerprint density at radius 3 is 2.85 bits per heavy atom. The zero-order valence-electron chi connectivity index (χ0n) is 7.65. The molecule has 1 atom stereocenters. The van der Waals surface area contributed by atoms with Crippen molar-refractivity contribution in [1.29, 1.82) is 0 Å². The molecular formula is C9H12N2O2. The van der Waals surface area contributed by atoms with E-state index in [4.69, 9.17) is 5.73 Å². The van der Waals surface area contributed by atoms with Crippen LogP contribution in [0.1, 0.15) is 18.5 Å². The highest BCUT2D eigenvalue weighted by atomic mass is 16.5. The molecule has 70 valence electrons. The fourth-order valence-corrected chi connectivity index (χ4v) is 1.01. The van der Waals surface area contributed by atoms with Crippen molar-refractivity contribution in [2.45, 2.75) is 12.8 Å². The number of hydrogen-bond donors (Lipinski definition) is 1. The second-order valence-corrected chi connectivity index (χ2v) is 2.73. The smallest absolute Gasteiger partial charge is 0.314 e. The number of aromatic nitrogens is 1. The van der Waals surface area contributed by atoms with Crippen LogP contribution in [0.15, 0.2) is 18.2 Å². The van der Waals surface area contributed by atoms with Gasteiger partial charge in [0.05, 0.1) is 18.7 Å². The SMILES string of the molecule is COC(=O)C(C)c1cccc(N)n1. The molecule has 0 aliphatic rings. The molecule has 1 rings (SSSR count). The number of nitrogens with zero attached hydrogens (tertiary/aromatic N) is 1. The Labute approximate surface area is 76.7 Å². The molecule has 0 saturated heterocycles. The third kappa shape index (κ3) is 2.18. The van der Waals surface area contributed by atoms with Gasteiger partial charge < -0.3 is 10.5 Å². The van der Waals surface area contributed by atoms with Gasteiger partial charge in [-0.05, 0) is 19.1 Å². The van der Waals surface area contributed by atoms with Crippen molar-refractivity contribution in [2.75, 3.05) is 12.8 Å². The maximum absolute atomic E-state index is 11.1. The van der Waals surface area contributed by atoms with Crippen molar-refractivity contribution in [1.82, 2.24) is 4.98 Å². The number of carbonyl (C=O) groups is 1.